The Bertz CT molecular complexity index is 307. The first kappa shape index (κ1) is 13.6. The molecule has 0 saturated heterocycles. The number of quaternary nitrogens is 1. The van der Waals surface area contributed by atoms with Crippen molar-refractivity contribution in [1.82, 2.24) is 0 Å². The second-order valence-corrected chi connectivity index (χ2v) is 4.42. The first-order chi connectivity index (χ1) is 7.69. The second-order valence-electron chi connectivity index (χ2n) is 3.61. The van der Waals surface area contributed by atoms with E-state index in [0.717, 1.165) is 19.6 Å². The van der Waals surface area contributed by atoms with Crippen molar-refractivity contribution >= 4 is 23.2 Å². The summed E-state index contributed by atoms with van der Waals surface area (Å²) in [6.07, 6.45) is 0. The second kappa shape index (κ2) is 7.00. The van der Waals surface area contributed by atoms with Crippen LogP contribution < -0.4 is 9.64 Å². The van der Waals surface area contributed by atoms with E-state index in [4.69, 9.17) is 27.9 Å². The molecule has 0 heterocycles. The minimum atomic E-state index is 0.571. The van der Waals surface area contributed by atoms with Crippen LogP contribution in [0.15, 0.2) is 18.2 Å². The highest BCUT2D eigenvalue weighted by molar-refractivity contribution is 6.37. The average Bonchev–Trinajstić information content (AvgIpc) is 2.28. The third kappa shape index (κ3) is 3.85. The Labute approximate surface area is 107 Å². The Morgan fingerprint density at radius 1 is 1.12 bits per heavy atom. The number of ether oxygens (including phenoxy) is 1. The van der Waals surface area contributed by atoms with Crippen molar-refractivity contribution in [3.8, 4) is 5.75 Å². The Kier molecular flexibility index (Phi) is 5.96. The molecule has 2 nitrogen and oxygen atoms in total. The third-order valence-electron chi connectivity index (χ3n) is 2.62. The van der Waals surface area contributed by atoms with Gasteiger partial charge in [-0.05, 0) is 26.0 Å². The number of hydrogen-bond acceptors (Lipinski definition) is 1. The predicted octanol–water partition coefficient (Wildman–Crippen LogP) is 2.30. The fraction of sp³-hybridized carbons (Fsp3) is 0.500. The fourth-order valence-corrected chi connectivity index (χ4v) is 2.03. The van der Waals surface area contributed by atoms with Crippen molar-refractivity contribution in [2.75, 3.05) is 26.2 Å². The number of hydrogen-bond donors (Lipinski definition) is 1. The molecule has 0 aliphatic rings. The van der Waals surface area contributed by atoms with E-state index in [0.29, 0.717) is 22.4 Å². The molecule has 4 heteroatoms. The van der Waals surface area contributed by atoms with Crippen molar-refractivity contribution in [3.63, 3.8) is 0 Å². The van der Waals surface area contributed by atoms with Crippen LogP contribution in [-0.2, 0) is 0 Å². The zero-order valence-corrected chi connectivity index (χ0v) is 11.2. The van der Waals surface area contributed by atoms with Crippen LogP contribution in [0.5, 0.6) is 5.75 Å². The summed E-state index contributed by atoms with van der Waals surface area (Å²) in [5, 5.41) is 1.14. The van der Waals surface area contributed by atoms with Gasteiger partial charge in [-0.25, -0.2) is 0 Å². The third-order valence-corrected chi connectivity index (χ3v) is 3.22. The quantitative estimate of drug-likeness (QED) is 0.831. The zero-order valence-electron chi connectivity index (χ0n) is 9.72. The minimum absolute atomic E-state index is 0.571. The number of nitrogens with one attached hydrogen (secondary N) is 1. The van der Waals surface area contributed by atoms with Crippen LogP contribution in [0.4, 0.5) is 0 Å². The van der Waals surface area contributed by atoms with E-state index in [1.807, 2.05) is 6.07 Å². The molecule has 0 unspecified atom stereocenters. The molecule has 0 aromatic heterocycles. The monoisotopic (exact) mass is 262 g/mol. The van der Waals surface area contributed by atoms with Crippen LogP contribution in [0, 0.1) is 0 Å². The number of para-hydroxylation sites is 1. The van der Waals surface area contributed by atoms with Gasteiger partial charge < -0.3 is 9.64 Å². The van der Waals surface area contributed by atoms with E-state index in [9.17, 15) is 0 Å². The van der Waals surface area contributed by atoms with E-state index in [1.165, 1.54) is 4.90 Å². The smallest absolute Gasteiger partial charge is 0.156 e. The van der Waals surface area contributed by atoms with E-state index < -0.39 is 0 Å². The Morgan fingerprint density at radius 3 is 2.19 bits per heavy atom. The highest BCUT2D eigenvalue weighted by atomic mass is 35.5. The van der Waals surface area contributed by atoms with Gasteiger partial charge in [0.15, 0.2) is 5.75 Å². The molecule has 1 rings (SSSR count). The topological polar surface area (TPSA) is 13.7 Å². The lowest BCUT2D eigenvalue weighted by molar-refractivity contribution is -0.896. The van der Waals surface area contributed by atoms with Gasteiger partial charge in [-0.2, -0.15) is 0 Å². The molecule has 0 radical (unpaired) electrons. The lowest BCUT2D eigenvalue weighted by Crippen LogP contribution is -3.12. The van der Waals surface area contributed by atoms with Crippen molar-refractivity contribution in [1.29, 1.82) is 0 Å². The molecule has 0 aliphatic heterocycles. The molecular formula is C12H18Cl2NO+. The van der Waals surface area contributed by atoms with Crippen molar-refractivity contribution in [3.05, 3.63) is 28.2 Å². The number of benzene rings is 1. The van der Waals surface area contributed by atoms with Crippen LogP contribution in [-0.4, -0.2) is 26.2 Å². The minimum Gasteiger partial charge on any atom is -0.485 e. The first-order valence-corrected chi connectivity index (χ1v) is 6.35. The summed E-state index contributed by atoms with van der Waals surface area (Å²) >= 11 is 12.0. The summed E-state index contributed by atoms with van der Waals surface area (Å²) < 4.78 is 5.62. The van der Waals surface area contributed by atoms with Gasteiger partial charge in [0, 0.05) is 0 Å². The normalized spacial score (nSPS) is 10.8. The van der Waals surface area contributed by atoms with E-state index >= 15 is 0 Å². The molecule has 1 aromatic rings. The molecule has 0 spiro atoms. The molecule has 0 saturated carbocycles. The molecule has 0 bridgehead atoms. The Morgan fingerprint density at radius 2 is 1.69 bits per heavy atom. The van der Waals surface area contributed by atoms with Crippen molar-refractivity contribution in [2.45, 2.75) is 13.8 Å². The van der Waals surface area contributed by atoms with Gasteiger partial charge in [-0.15, -0.1) is 0 Å². The molecule has 1 aromatic carbocycles. The molecule has 90 valence electrons. The van der Waals surface area contributed by atoms with Crippen LogP contribution >= 0.6 is 23.2 Å². The maximum atomic E-state index is 6.00. The molecule has 0 aliphatic carbocycles. The van der Waals surface area contributed by atoms with Crippen LogP contribution in [0.2, 0.25) is 10.0 Å². The van der Waals surface area contributed by atoms with Gasteiger partial charge in [0.1, 0.15) is 13.2 Å². The van der Waals surface area contributed by atoms with Crippen LogP contribution in [0.3, 0.4) is 0 Å². The van der Waals surface area contributed by atoms with Gasteiger partial charge in [-0.3, -0.25) is 0 Å². The van der Waals surface area contributed by atoms with Gasteiger partial charge >= 0.3 is 0 Å². The summed E-state index contributed by atoms with van der Waals surface area (Å²) in [6.45, 7) is 8.16. The van der Waals surface area contributed by atoms with Gasteiger partial charge in [0.25, 0.3) is 0 Å². The SMILES string of the molecule is CC[NH+](CC)CCOc1c(Cl)cccc1Cl. The summed E-state index contributed by atoms with van der Waals surface area (Å²) in [7, 11) is 0. The van der Waals surface area contributed by atoms with Gasteiger partial charge in [0.2, 0.25) is 0 Å². The number of halogens is 2. The average molecular weight is 263 g/mol. The summed E-state index contributed by atoms with van der Waals surface area (Å²) in [5.74, 6) is 0.595. The number of rotatable bonds is 6. The highest BCUT2D eigenvalue weighted by Crippen LogP contribution is 2.31. The lowest BCUT2D eigenvalue weighted by atomic mass is 10.3. The molecule has 1 N–H and O–H groups in total. The summed E-state index contributed by atoms with van der Waals surface area (Å²) in [5.41, 5.74) is 0. The van der Waals surface area contributed by atoms with Crippen molar-refractivity contribution in [2.24, 2.45) is 0 Å². The predicted molar refractivity (Wildman–Crippen MR) is 68.9 cm³/mol. The standard InChI is InChI=1S/C12H17Cl2NO/c1-3-15(4-2)8-9-16-12-10(13)6-5-7-11(12)14/h5-7H,3-4,8-9H2,1-2H3/p+1. The van der Waals surface area contributed by atoms with Gasteiger partial charge in [0.05, 0.1) is 23.1 Å². The zero-order chi connectivity index (χ0) is 12.0. The maximum Gasteiger partial charge on any atom is 0.156 e. The Balaban J connectivity index is 2.48. The van der Waals surface area contributed by atoms with Crippen LogP contribution in [0.25, 0.3) is 0 Å². The van der Waals surface area contributed by atoms with E-state index in [1.54, 1.807) is 12.1 Å². The molecule has 0 fully saturated rings. The van der Waals surface area contributed by atoms with Crippen LogP contribution in [0.1, 0.15) is 13.8 Å². The van der Waals surface area contributed by atoms with E-state index in [2.05, 4.69) is 13.8 Å². The Hall–Kier alpha value is -0.440. The lowest BCUT2D eigenvalue weighted by Gasteiger charge is -2.16. The molecule has 0 atom stereocenters. The summed E-state index contributed by atoms with van der Waals surface area (Å²) in [4.78, 5) is 1.50. The molecule has 16 heavy (non-hydrogen) atoms. The highest BCUT2D eigenvalue weighted by Gasteiger charge is 2.08. The van der Waals surface area contributed by atoms with Crippen molar-refractivity contribution < 1.29 is 9.64 Å². The maximum absolute atomic E-state index is 6.00. The molecular weight excluding hydrogens is 245 g/mol. The first-order valence-electron chi connectivity index (χ1n) is 5.59. The largest absolute Gasteiger partial charge is 0.485 e. The van der Waals surface area contributed by atoms with E-state index in [-0.39, 0.29) is 0 Å². The fourth-order valence-electron chi connectivity index (χ4n) is 1.52. The summed E-state index contributed by atoms with van der Waals surface area (Å²) in [6, 6.07) is 5.38. The molecule has 0 amide bonds. The van der Waals surface area contributed by atoms with Gasteiger partial charge in [-0.1, -0.05) is 29.3 Å². The number of likely N-dealkylation sites (N-methyl/N-ethyl adjacent to an activating group) is 1.